The SMILES string of the molecule is CNC1C2CCC1CC(N)C2. The number of rotatable bonds is 1. The first-order valence-electron chi connectivity index (χ1n) is 4.74. The molecule has 2 nitrogen and oxygen atoms in total. The summed E-state index contributed by atoms with van der Waals surface area (Å²) in [5.41, 5.74) is 5.94. The molecule has 2 bridgehead atoms. The highest BCUT2D eigenvalue weighted by atomic mass is 14.9. The summed E-state index contributed by atoms with van der Waals surface area (Å²) in [7, 11) is 2.09. The molecule has 0 spiro atoms. The van der Waals surface area contributed by atoms with E-state index in [-0.39, 0.29) is 0 Å². The van der Waals surface area contributed by atoms with Gasteiger partial charge in [-0.15, -0.1) is 0 Å². The Morgan fingerprint density at radius 2 is 1.73 bits per heavy atom. The Hall–Kier alpha value is -0.0800. The predicted octanol–water partition coefficient (Wildman–Crippen LogP) is 0.722. The van der Waals surface area contributed by atoms with Crippen LogP contribution in [0.5, 0.6) is 0 Å². The quantitative estimate of drug-likeness (QED) is 0.584. The Labute approximate surface area is 68.5 Å². The third kappa shape index (κ3) is 1.18. The third-order valence-electron chi connectivity index (χ3n) is 3.47. The first-order chi connectivity index (χ1) is 5.31. The van der Waals surface area contributed by atoms with Gasteiger partial charge in [-0.2, -0.15) is 0 Å². The van der Waals surface area contributed by atoms with Gasteiger partial charge >= 0.3 is 0 Å². The maximum atomic E-state index is 5.94. The predicted molar refractivity (Wildman–Crippen MR) is 46.3 cm³/mol. The lowest BCUT2D eigenvalue weighted by Crippen LogP contribution is -2.44. The van der Waals surface area contributed by atoms with Gasteiger partial charge in [-0.3, -0.25) is 0 Å². The summed E-state index contributed by atoms with van der Waals surface area (Å²) in [5, 5.41) is 3.43. The van der Waals surface area contributed by atoms with Gasteiger partial charge in [0.05, 0.1) is 0 Å². The van der Waals surface area contributed by atoms with Gasteiger partial charge in [-0.05, 0) is 44.6 Å². The number of nitrogens with two attached hydrogens (primary N) is 1. The van der Waals surface area contributed by atoms with Crippen LogP contribution in [-0.4, -0.2) is 19.1 Å². The standard InChI is InChI=1S/C9H18N2/c1-11-9-6-2-3-7(9)5-8(10)4-6/h6-9,11H,2-5,10H2,1H3. The van der Waals surface area contributed by atoms with Gasteiger partial charge in [0.15, 0.2) is 0 Å². The largest absolute Gasteiger partial charge is 0.328 e. The topological polar surface area (TPSA) is 38.0 Å². The summed E-state index contributed by atoms with van der Waals surface area (Å²) in [6, 6.07) is 1.28. The Balaban J connectivity index is 2.06. The van der Waals surface area contributed by atoms with E-state index >= 15 is 0 Å². The molecule has 2 fully saturated rings. The minimum atomic E-state index is 0.497. The van der Waals surface area contributed by atoms with Gasteiger partial charge in [0.2, 0.25) is 0 Å². The zero-order valence-electron chi connectivity index (χ0n) is 7.22. The van der Waals surface area contributed by atoms with Crippen LogP contribution in [0.15, 0.2) is 0 Å². The van der Waals surface area contributed by atoms with Crippen molar-refractivity contribution in [1.82, 2.24) is 5.32 Å². The number of hydrogen-bond acceptors (Lipinski definition) is 2. The second kappa shape index (κ2) is 2.76. The first-order valence-corrected chi connectivity index (χ1v) is 4.74. The molecule has 11 heavy (non-hydrogen) atoms. The smallest absolute Gasteiger partial charge is 0.0122 e. The van der Waals surface area contributed by atoms with E-state index in [4.69, 9.17) is 5.73 Å². The summed E-state index contributed by atoms with van der Waals surface area (Å²) in [4.78, 5) is 0. The number of fused-ring (bicyclic) bond motifs is 2. The molecule has 0 saturated heterocycles. The lowest BCUT2D eigenvalue weighted by atomic mass is 9.81. The average molecular weight is 154 g/mol. The van der Waals surface area contributed by atoms with Crippen molar-refractivity contribution in [1.29, 1.82) is 0 Å². The Morgan fingerprint density at radius 3 is 2.18 bits per heavy atom. The zero-order valence-corrected chi connectivity index (χ0v) is 7.22. The molecule has 3 N–H and O–H groups in total. The molecule has 2 unspecified atom stereocenters. The lowest BCUT2D eigenvalue weighted by Gasteiger charge is -2.33. The molecule has 2 heteroatoms. The second-order valence-corrected chi connectivity index (χ2v) is 4.14. The molecule has 2 atom stereocenters. The molecule has 2 aliphatic rings. The zero-order chi connectivity index (χ0) is 7.84. The van der Waals surface area contributed by atoms with Crippen LogP contribution in [0.1, 0.15) is 25.7 Å². The first kappa shape index (κ1) is 7.56. The molecular weight excluding hydrogens is 136 g/mol. The Bertz CT molecular complexity index is 132. The Morgan fingerprint density at radius 1 is 1.18 bits per heavy atom. The fourth-order valence-electron chi connectivity index (χ4n) is 3.05. The van der Waals surface area contributed by atoms with Crippen molar-refractivity contribution in [3.05, 3.63) is 0 Å². The van der Waals surface area contributed by atoms with Crippen molar-refractivity contribution in [3.8, 4) is 0 Å². The van der Waals surface area contributed by atoms with Crippen molar-refractivity contribution in [3.63, 3.8) is 0 Å². The summed E-state index contributed by atoms with van der Waals surface area (Å²) in [6.07, 6.45) is 5.32. The van der Waals surface area contributed by atoms with Crippen LogP contribution in [0.25, 0.3) is 0 Å². The molecule has 0 heterocycles. The lowest BCUT2D eigenvalue weighted by molar-refractivity contribution is 0.243. The van der Waals surface area contributed by atoms with Crippen LogP contribution < -0.4 is 11.1 Å². The van der Waals surface area contributed by atoms with E-state index in [9.17, 15) is 0 Å². The van der Waals surface area contributed by atoms with Crippen molar-refractivity contribution >= 4 is 0 Å². The molecule has 0 radical (unpaired) electrons. The highest BCUT2D eigenvalue weighted by molar-refractivity contribution is 4.96. The van der Waals surface area contributed by atoms with E-state index in [1.165, 1.54) is 25.7 Å². The van der Waals surface area contributed by atoms with Crippen LogP contribution in [-0.2, 0) is 0 Å². The normalized spacial score (nSPS) is 49.6. The van der Waals surface area contributed by atoms with Gasteiger partial charge in [0.25, 0.3) is 0 Å². The minimum absolute atomic E-state index is 0.497. The molecule has 2 rings (SSSR count). The van der Waals surface area contributed by atoms with Gasteiger partial charge in [0.1, 0.15) is 0 Å². The number of hydrogen-bond donors (Lipinski definition) is 2. The highest BCUT2D eigenvalue weighted by Crippen LogP contribution is 2.41. The highest BCUT2D eigenvalue weighted by Gasteiger charge is 2.40. The fraction of sp³-hybridized carbons (Fsp3) is 1.00. The van der Waals surface area contributed by atoms with Crippen molar-refractivity contribution < 1.29 is 0 Å². The molecule has 2 saturated carbocycles. The monoisotopic (exact) mass is 154 g/mol. The van der Waals surface area contributed by atoms with Gasteiger partial charge in [-0.1, -0.05) is 0 Å². The van der Waals surface area contributed by atoms with Gasteiger partial charge in [0, 0.05) is 12.1 Å². The molecule has 64 valence electrons. The molecule has 2 aliphatic carbocycles. The summed E-state index contributed by atoms with van der Waals surface area (Å²) in [5.74, 6) is 1.77. The van der Waals surface area contributed by atoms with Gasteiger partial charge in [-0.25, -0.2) is 0 Å². The summed E-state index contributed by atoms with van der Waals surface area (Å²) in [6.45, 7) is 0. The van der Waals surface area contributed by atoms with Crippen LogP contribution in [0, 0.1) is 11.8 Å². The van der Waals surface area contributed by atoms with Crippen molar-refractivity contribution in [2.45, 2.75) is 37.8 Å². The Kier molecular flexibility index (Phi) is 1.90. The van der Waals surface area contributed by atoms with E-state index in [0.717, 1.165) is 17.9 Å². The number of nitrogens with one attached hydrogen (secondary N) is 1. The van der Waals surface area contributed by atoms with Crippen LogP contribution in [0.2, 0.25) is 0 Å². The second-order valence-electron chi connectivity index (χ2n) is 4.14. The molecule has 0 aromatic carbocycles. The average Bonchev–Trinajstić information content (AvgIpc) is 2.23. The minimum Gasteiger partial charge on any atom is -0.328 e. The van der Waals surface area contributed by atoms with Gasteiger partial charge < -0.3 is 11.1 Å². The van der Waals surface area contributed by atoms with E-state index in [1.807, 2.05) is 0 Å². The van der Waals surface area contributed by atoms with E-state index in [1.54, 1.807) is 0 Å². The maximum absolute atomic E-state index is 5.94. The summed E-state index contributed by atoms with van der Waals surface area (Å²) >= 11 is 0. The molecule has 0 amide bonds. The fourth-order valence-corrected chi connectivity index (χ4v) is 3.05. The molecule has 0 aromatic rings. The maximum Gasteiger partial charge on any atom is 0.0122 e. The van der Waals surface area contributed by atoms with Crippen LogP contribution in [0.4, 0.5) is 0 Å². The van der Waals surface area contributed by atoms with Crippen molar-refractivity contribution in [2.75, 3.05) is 7.05 Å². The summed E-state index contributed by atoms with van der Waals surface area (Å²) < 4.78 is 0. The van der Waals surface area contributed by atoms with Crippen molar-refractivity contribution in [2.24, 2.45) is 17.6 Å². The van der Waals surface area contributed by atoms with E-state index in [0.29, 0.717) is 6.04 Å². The molecular formula is C9H18N2. The van der Waals surface area contributed by atoms with E-state index in [2.05, 4.69) is 12.4 Å². The third-order valence-corrected chi connectivity index (χ3v) is 3.47. The van der Waals surface area contributed by atoms with Crippen LogP contribution >= 0.6 is 0 Å². The van der Waals surface area contributed by atoms with E-state index < -0.39 is 0 Å². The van der Waals surface area contributed by atoms with Crippen LogP contribution in [0.3, 0.4) is 0 Å². The molecule has 0 aliphatic heterocycles. The molecule has 0 aromatic heterocycles.